The second-order valence-corrected chi connectivity index (χ2v) is 8.39. The molecule has 0 unspecified atom stereocenters. The Kier molecular flexibility index (Phi) is 4.86. The first-order valence-electron chi connectivity index (χ1n) is 9.71. The predicted molar refractivity (Wildman–Crippen MR) is 105 cm³/mol. The van der Waals surface area contributed by atoms with Crippen LogP contribution < -0.4 is 5.56 Å². The molecule has 7 heteroatoms. The molecule has 0 saturated carbocycles. The van der Waals surface area contributed by atoms with Crippen molar-refractivity contribution in [2.45, 2.75) is 26.7 Å². The fourth-order valence-electron chi connectivity index (χ4n) is 4.08. The van der Waals surface area contributed by atoms with Gasteiger partial charge >= 0.3 is 0 Å². The van der Waals surface area contributed by atoms with Gasteiger partial charge in [-0.15, -0.1) is 0 Å². The Bertz CT molecular complexity index is 1030. The zero-order valence-electron chi connectivity index (χ0n) is 16.5. The van der Waals surface area contributed by atoms with Crippen LogP contribution in [0.15, 0.2) is 35.3 Å². The summed E-state index contributed by atoms with van der Waals surface area (Å²) in [5, 5.41) is 0. The number of fused-ring (bicyclic) bond motifs is 1. The molecule has 2 aromatic rings. The van der Waals surface area contributed by atoms with E-state index in [-0.39, 0.29) is 22.7 Å². The molecule has 0 bridgehead atoms. The molecule has 1 saturated heterocycles. The molecule has 2 heterocycles. The van der Waals surface area contributed by atoms with Crippen LogP contribution in [0.1, 0.15) is 46.5 Å². The van der Waals surface area contributed by atoms with E-state index < -0.39 is 11.4 Å². The highest BCUT2D eigenvalue weighted by Crippen LogP contribution is 2.36. The fraction of sp³-hybridized carbons (Fsp3) is 0.409. The molecular formula is C22H23FN2O4. The Morgan fingerprint density at radius 1 is 1.07 bits per heavy atom. The van der Waals surface area contributed by atoms with Crippen LogP contribution in [0, 0.1) is 11.2 Å². The highest BCUT2D eigenvalue weighted by Gasteiger charge is 2.37. The van der Waals surface area contributed by atoms with Gasteiger partial charge in [-0.2, -0.15) is 0 Å². The van der Waals surface area contributed by atoms with Crippen LogP contribution in [0.5, 0.6) is 0 Å². The molecule has 1 amide bonds. The number of benzene rings is 1. The van der Waals surface area contributed by atoms with E-state index in [9.17, 15) is 18.8 Å². The average molecular weight is 398 g/mol. The number of pyridine rings is 1. The first-order chi connectivity index (χ1) is 13.8. The summed E-state index contributed by atoms with van der Waals surface area (Å²) in [5.74, 6) is -0.901. The van der Waals surface area contributed by atoms with Crippen molar-refractivity contribution in [3.05, 3.63) is 63.3 Å². The SMILES string of the molecule is CC1(C)CC(=O)c2cn(-c3ccc(F)cc3)c(=O)c(C(=O)N3CCOCC3)c2C1. The van der Waals surface area contributed by atoms with Crippen molar-refractivity contribution in [3.8, 4) is 5.69 Å². The standard InChI is InChI=1S/C22H23FN2O4/c1-22(2)11-16-17(18(26)12-22)13-25(15-5-3-14(23)4-6-15)21(28)19(16)20(27)24-7-9-29-10-8-24/h3-6,13H,7-12H2,1-2H3. The number of Topliss-reactive ketones (excluding diaryl/α,β-unsaturated/α-hetero) is 1. The largest absolute Gasteiger partial charge is 0.378 e. The van der Waals surface area contributed by atoms with Crippen molar-refractivity contribution >= 4 is 11.7 Å². The topological polar surface area (TPSA) is 68.6 Å². The second-order valence-electron chi connectivity index (χ2n) is 8.39. The van der Waals surface area contributed by atoms with Crippen LogP contribution in [0.2, 0.25) is 0 Å². The zero-order valence-corrected chi connectivity index (χ0v) is 16.5. The van der Waals surface area contributed by atoms with E-state index in [0.717, 1.165) is 0 Å². The summed E-state index contributed by atoms with van der Waals surface area (Å²) >= 11 is 0. The van der Waals surface area contributed by atoms with Crippen molar-refractivity contribution in [2.24, 2.45) is 5.41 Å². The molecule has 1 aromatic carbocycles. The van der Waals surface area contributed by atoms with E-state index in [0.29, 0.717) is 56.0 Å². The van der Waals surface area contributed by atoms with Gasteiger partial charge in [-0.1, -0.05) is 13.8 Å². The number of hydrogen-bond acceptors (Lipinski definition) is 4. The number of carbonyl (C=O) groups excluding carboxylic acids is 2. The van der Waals surface area contributed by atoms with Crippen LogP contribution in [0.3, 0.4) is 0 Å². The van der Waals surface area contributed by atoms with Gasteiger partial charge in [0.2, 0.25) is 0 Å². The zero-order chi connectivity index (χ0) is 20.8. The van der Waals surface area contributed by atoms with E-state index in [1.807, 2.05) is 13.8 Å². The summed E-state index contributed by atoms with van der Waals surface area (Å²) < 4.78 is 20.0. The Morgan fingerprint density at radius 3 is 2.38 bits per heavy atom. The number of rotatable bonds is 2. The number of ketones is 1. The van der Waals surface area contributed by atoms with Crippen LogP contribution >= 0.6 is 0 Å². The lowest BCUT2D eigenvalue weighted by Gasteiger charge is -2.33. The third kappa shape index (κ3) is 3.62. The van der Waals surface area contributed by atoms with Crippen LogP contribution in [0.4, 0.5) is 4.39 Å². The quantitative estimate of drug-likeness (QED) is 0.780. The lowest BCUT2D eigenvalue weighted by atomic mass is 9.73. The number of aromatic nitrogens is 1. The number of nitrogens with zero attached hydrogens (tertiary/aromatic N) is 2. The Hall–Kier alpha value is -2.80. The van der Waals surface area contributed by atoms with E-state index >= 15 is 0 Å². The molecule has 1 aliphatic carbocycles. The maximum atomic E-state index is 13.4. The maximum Gasteiger partial charge on any atom is 0.268 e. The summed E-state index contributed by atoms with van der Waals surface area (Å²) in [5.41, 5.74) is 0.537. The summed E-state index contributed by atoms with van der Waals surface area (Å²) in [7, 11) is 0. The first-order valence-corrected chi connectivity index (χ1v) is 9.71. The van der Waals surface area contributed by atoms with E-state index in [2.05, 4.69) is 0 Å². The van der Waals surface area contributed by atoms with E-state index in [4.69, 9.17) is 4.74 Å². The summed E-state index contributed by atoms with van der Waals surface area (Å²) in [4.78, 5) is 41.2. The van der Waals surface area contributed by atoms with Gasteiger partial charge < -0.3 is 9.64 Å². The number of halogens is 1. The van der Waals surface area contributed by atoms with Crippen molar-refractivity contribution in [1.29, 1.82) is 0 Å². The van der Waals surface area contributed by atoms with Crippen molar-refractivity contribution < 1.29 is 18.7 Å². The minimum atomic E-state index is -0.489. The summed E-state index contributed by atoms with van der Waals surface area (Å²) in [6, 6.07) is 5.41. The molecule has 0 radical (unpaired) electrons. The molecular weight excluding hydrogens is 375 g/mol. The molecule has 1 fully saturated rings. The van der Waals surface area contributed by atoms with E-state index in [1.54, 1.807) is 4.90 Å². The van der Waals surface area contributed by atoms with Crippen molar-refractivity contribution in [2.75, 3.05) is 26.3 Å². The van der Waals surface area contributed by atoms with Crippen LogP contribution in [0.25, 0.3) is 5.69 Å². The van der Waals surface area contributed by atoms with Gasteiger partial charge in [0.25, 0.3) is 11.5 Å². The lowest BCUT2D eigenvalue weighted by molar-refractivity contribution is 0.0300. The van der Waals surface area contributed by atoms with Crippen LogP contribution in [-0.2, 0) is 11.2 Å². The maximum absolute atomic E-state index is 13.4. The van der Waals surface area contributed by atoms with Crippen LogP contribution in [-0.4, -0.2) is 47.5 Å². The van der Waals surface area contributed by atoms with Gasteiger partial charge in [0.05, 0.1) is 13.2 Å². The minimum absolute atomic E-state index is 0.0369. The number of hydrogen-bond donors (Lipinski definition) is 0. The molecule has 6 nitrogen and oxygen atoms in total. The van der Waals surface area contributed by atoms with Gasteiger partial charge in [0.1, 0.15) is 11.4 Å². The molecule has 2 aliphatic rings. The highest BCUT2D eigenvalue weighted by molar-refractivity contribution is 6.04. The lowest BCUT2D eigenvalue weighted by Crippen LogP contribution is -2.45. The highest BCUT2D eigenvalue weighted by atomic mass is 19.1. The summed E-state index contributed by atoms with van der Waals surface area (Å²) in [6.45, 7) is 5.55. The molecule has 152 valence electrons. The number of amides is 1. The monoisotopic (exact) mass is 398 g/mol. The number of ether oxygens (including phenoxy) is 1. The van der Waals surface area contributed by atoms with Gasteiger partial charge in [0, 0.05) is 37.0 Å². The number of carbonyl (C=O) groups is 2. The Morgan fingerprint density at radius 2 is 1.72 bits per heavy atom. The molecule has 0 atom stereocenters. The van der Waals surface area contributed by atoms with Gasteiger partial charge in [0.15, 0.2) is 5.78 Å². The molecule has 0 N–H and O–H groups in total. The third-order valence-corrected chi connectivity index (χ3v) is 5.53. The molecule has 1 aliphatic heterocycles. The molecule has 0 spiro atoms. The van der Waals surface area contributed by atoms with E-state index in [1.165, 1.54) is 35.0 Å². The Balaban J connectivity index is 1.93. The molecule has 1 aromatic heterocycles. The van der Waals surface area contributed by atoms with Gasteiger partial charge in [-0.05, 0) is 41.7 Å². The first kappa shape index (κ1) is 19.5. The minimum Gasteiger partial charge on any atom is -0.378 e. The molecule has 4 rings (SSSR count). The van der Waals surface area contributed by atoms with Crippen molar-refractivity contribution in [1.82, 2.24) is 9.47 Å². The van der Waals surface area contributed by atoms with Crippen molar-refractivity contribution in [3.63, 3.8) is 0 Å². The average Bonchev–Trinajstić information content (AvgIpc) is 2.68. The number of morpholine rings is 1. The fourth-order valence-corrected chi connectivity index (χ4v) is 4.08. The predicted octanol–water partition coefficient (Wildman–Crippen LogP) is 2.60. The molecule has 29 heavy (non-hydrogen) atoms. The smallest absolute Gasteiger partial charge is 0.268 e. The third-order valence-electron chi connectivity index (χ3n) is 5.53. The summed E-state index contributed by atoms with van der Waals surface area (Å²) in [6.07, 6.45) is 2.31. The normalized spacial score (nSPS) is 18.4. The van der Waals surface area contributed by atoms with Gasteiger partial charge in [-0.3, -0.25) is 19.0 Å². The van der Waals surface area contributed by atoms with Gasteiger partial charge in [-0.25, -0.2) is 4.39 Å². The second kappa shape index (κ2) is 7.22. The Labute approximate surface area is 167 Å².